The highest BCUT2D eigenvalue weighted by Crippen LogP contribution is 2.20. The molecule has 4 aromatic rings. The van der Waals surface area contributed by atoms with Crippen LogP contribution in [-0.4, -0.2) is 25.9 Å². The van der Waals surface area contributed by atoms with E-state index in [4.69, 9.17) is 5.26 Å². The molecule has 0 fully saturated rings. The number of amides is 1. The van der Waals surface area contributed by atoms with Gasteiger partial charge in [0, 0.05) is 22.6 Å². The van der Waals surface area contributed by atoms with Gasteiger partial charge in [-0.1, -0.05) is 0 Å². The molecule has 0 aliphatic heterocycles. The molecule has 2 aromatic carbocycles. The Morgan fingerprint density at radius 1 is 0.906 bits per heavy atom. The average Bonchev–Trinajstić information content (AvgIpc) is 3.08. The number of hydrogen-bond acceptors (Lipinski definition) is 6. The molecular formula is C24H21N7O. The van der Waals surface area contributed by atoms with Crippen molar-refractivity contribution in [3.05, 3.63) is 88.7 Å². The molecule has 2 heterocycles. The van der Waals surface area contributed by atoms with Gasteiger partial charge in [-0.05, 0) is 87.0 Å². The van der Waals surface area contributed by atoms with Crippen molar-refractivity contribution in [2.75, 3.05) is 10.6 Å². The minimum Gasteiger partial charge on any atom is -0.339 e. The second-order valence-corrected chi connectivity index (χ2v) is 7.33. The molecule has 0 atom stereocenters. The van der Waals surface area contributed by atoms with Crippen molar-refractivity contribution in [3.8, 4) is 11.9 Å². The van der Waals surface area contributed by atoms with Crippen LogP contribution in [0.2, 0.25) is 0 Å². The number of aromatic nitrogens is 4. The summed E-state index contributed by atoms with van der Waals surface area (Å²) in [4.78, 5) is 12.3. The molecule has 0 bridgehead atoms. The highest BCUT2D eigenvalue weighted by molar-refractivity contribution is 6.04. The zero-order valence-corrected chi connectivity index (χ0v) is 17.9. The summed E-state index contributed by atoms with van der Waals surface area (Å²) in [5.41, 5.74) is 5.61. The van der Waals surface area contributed by atoms with Crippen molar-refractivity contribution in [3.63, 3.8) is 0 Å². The van der Waals surface area contributed by atoms with Gasteiger partial charge in [0.2, 0.25) is 0 Å². The highest BCUT2D eigenvalue weighted by Gasteiger charge is 2.11. The van der Waals surface area contributed by atoms with Gasteiger partial charge in [0.1, 0.15) is 0 Å². The molecule has 2 aromatic heterocycles. The monoisotopic (exact) mass is 423 g/mol. The summed E-state index contributed by atoms with van der Waals surface area (Å²) in [6.45, 7) is 6.01. The molecule has 0 spiro atoms. The number of carbonyl (C=O) groups excluding carboxylic acids is 1. The number of rotatable bonds is 5. The standard InChI is InChI=1S/C24H21N7O/c1-15-16(2)30-31(17(15)3)23-13-12-22(28-29-23)26-20-8-10-21(11-9-20)27-24(32)19-6-4-18(14-25)5-7-19/h4-13H,1-3H3,(H,26,28)(H,27,32). The molecule has 158 valence electrons. The van der Waals surface area contributed by atoms with Crippen LogP contribution in [0.3, 0.4) is 0 Å². The fraction of sp³-hybridized carbons (Fsp3) is 0.125. The lowest BCUT2D eigenvalue weighted by Gasteiger charge is -2.09. The molecule has 8 nitrogen and oxygen atoms in total. The summed E-state index contributed by atoms with van der Waals surface area (Å²) in [5, 5.41) is 27.9. The lowest BCUT2D eigenvalue weighted by molar-refractivity contribution is 0.102. The normalized spacial score (nSPS) is 10.4. The number of anilines is 3. The second kappa shape index (κ2) is 8.70. The fourth-order valence-electron chi connectivity index (χ4n) is 3.13. The maximum atomic E-state index is 12.3. The SMILES string of the molecule is Cc1nn(-c2ccc(Nc3ccc(NC(=O)c4ccc(C#N)cc4)cc3)nn2)c(C)c1C. The smallest absolute Gasteiger partial charge is 0.255 e. The number of carbonyl (C=O) groups is 1. The van der Waals surface area contributed by atoms with Crippen molar-refractivity contribution < 1.29 is 4.79 Å². The summed E-state index contributed by atoms with van der Waals surface area (Å²) >= 11 is 0. The molecule has 0 unspecified atom stereocenters. The van der Waals surface area contributed by atoms with Gasteiger partial charge in [-0.25, -0.2) is 4.68 Å². The molecular weight excluding hydrogens is 402 g/mol. The van der Waals surface area contributed by atoms with Gasteiger partial charge in [-0.2, -0.15) is 10.4 Å². The first-order valence-corrected chi connectivity index (χ1v) is 10.00. The fourth-order valence-corrected chi connectivity index (χ4v) is 3.13. The van der Waals surface area contributed by atoms with Crippen molar-refractivity contribution in [2.24, 2.45) is 0 Å². The number of hydrogen-bond donors (Lipinski definition) is 2. The van der Waals surface area contributed by atoms with Crippen molar-refractivity contribution in [1.29, 1.82) is 5.26 Å². The van der Waals surface area contributed by atoms with Crippen LogP contribution in [0.1, 0.15) is 32.9 Å². The van der Waals surface area contributed by atoms with E-state index < -0.39 is 0 Å². The molecule has 32 heavy (non-hydrogen) atoms. The Morgan fingerprint density at radius 2 is 1.59 bits per heavy atom. The van der Waals surface area contributed by atoms with E-state index in [9.17, 15) is 4.79 Å². The van der Waals surface area contributed by atoms with Crippen molar-refractivity contribution in [2.45, 2.75) is 20.8 Å². The summed E-state index contributed by atoms with van der Waals surface area (Å²) in [5.74, 6) is 1.02. The summed E-state index contributed by atoms with van der Waals surface area (Å²) in [6, 6.07) is 19.5. The van der Waals surface area contributed by atoms with E-state index in [-0.39, 0.29) is 5.91 Å². The van der Waals surface area contributed by atoms with Gasteiger partial charge in [-0.15, -0.1) is 10.2 Å². The van der Waals surface area contributed by atoms with Crippen LogP contribution in [0, 0.1) is 32.1 Å². The quantitative estimate of drug-likeness (QED) is 0.491. The van der Waals surface area contributed by atoms with E-state index >= 15 is 0 Å². The Kier molecular flexibility index (Phi) is 5.64. The van der Waals surface area contributed by atoms with Crippen LogP contribution in [0.25, 0.3) is 5.82 Å². The maximum absolute atomic E-state index is 12.3. The first kappa shape index (κ1) is 20.8. The molecule has 0 aliphatic carbocycles. The van der Waals surface area contributed by atoms with Gasteiger partial charge in [0.15, 0.2) is 11.6 Å². The van der Waals surface area contributed by atoms with Gasteiger partial charge < -0.3 is 10.6 Å². The zero-order valence-electron chi connectivity index (χ0n) is 17.9. The number of nitriles is 1. The highest BCUT2D eigenvalue weighted by atomic mass is 16.1. The third-order valence-corrected chi connectivity index (χ3v) is 5.21. The first-order chi connectivity index (χ1) is 15.4. The Bertz CT molecular complexity index is 1300. The number of nitrogens with one attached hydrogen (secondary N) is 2. The number of nitrogens with zero attached hydrogens (tertiary/aromatic N) is 5. The van der Waals surface area contributed by atoms with Gasteiger partial charge in [-0.3, -0.25) is 4.79 Å². The lowest BCUT2D eigenvalue weighted by Crippen LogP contribution is -2.11. The summed E-state index contributed by atoms with van der Waals surface area (Å²) < 4.78 is 1.78. The zero-order chi connectivity index (χ0) is 22.7. The van der Waals surface area contributed by atoms with Gasteiger partial charge in [0.25, 0.3) is 5.91 Å². The third-order valence-electron chi connectivity index (χ3n) is 5.21. The Morgan fingerprint density at radius 3 is 2.16 bits per heavy atom. The van der Waals surface area contributed by atoms with Crippen LogP contribution in [0.4, 0.5) is 17.2 Å². The Balaban J connectivity index is 1.40. The van der Waals surface area contributed by atoms with E-state index in [1.165, 1.54) is 0 Å². The van der Waals surface area contributed by atoms with Gasteiger partial charge in [0.05, 0.1) is 17.3 Å². The van der Waals surface area contributed by atoms with E-state index in [1.807, 2.05) is 51.1 Å². The van der Waals surface area contributed by atoms with Crippen molar-refractivity contribution >= 4 is 23.1 Å². The molecule has 2 N–H and O–H groups in total. The topological polar surface area (TPSA) is 109 Å². The van der Waals surface area contributed by atoms with Crippen LogP contribution < -0.4 is 10.6 Å². The Labute approximate surface area is 185 Å². The number of aryl methyl sites for hydroxylation is 1. The minimum atomic E-state index is -0.240. The largest absolute Gasteiger partial charge is 0.339 e. The van der Waals surface area contributed by atoms with Crippen LogP contribution in [-0.2, 0) is 0 Å². The summed E-state index contributed by atoms with van der Waals surface area (Å²) in [6.07, 6.45) is 0. The molecule has 4 rings (SSSR count). The molecule has 1 amide bonds. The van der Waals surface area contributed by atoms with Crippen LogP contribution in [0.15, 0.2) is 60.7 Å². The predicted molar refractivity (Wildman–Crippen MR) is 122 cm³/mol. The maximum Gasteiger partial charge on any atom is 0.255 e. The van der Waals surface area contributed by atoms with E-state index in [1.54, 1.807) is 41.1 Å². The lowest BCUT2D eigenvalue weighted by atomic mass is 10.1. The first-order valence-electron chi connectivity index (χ1n) is 10.00. The predicted octanol–water partition coefficient (Wildman–Crippen LogP) is 4.46. The molecule has 0 aliphatic rings. The average molecular weight is 423 g/mol. The molecule has 0 saturated heterocycles. The molecule has 0 saturated carbocycles. The minimum absolute atomic E-state index is 0.240. The molecule has 0 radical (unpaired) electrons. The van der Waals surface area contributed by atoms with E-state index in [2.05, 4.69) is 25.9 Å². The van der Waals surface area contributed by atoms with Gasteiger partial charge >= 0.3 is 0 Å². The van der Waals surface area contributed by atoms with Crippen molar-refractivity contribution in [1.82, 2.24) is 20.0 Å². The second-order valence-electron chi connectivity index (χ2n) is 7.33. The van der Waals surface area contributed by atoms with E-state index in [0.717, 1.165) is 22.6 Å². The van der Waals surface area contributed by atoms with Crippen LogP contribution >= 0.6 is 0 Å². The molecule has 8 heteroatoms. The number of benzene rings is 2. The van der Waals surface area contributed by atoms with Crippen LogP contribution in [0.5, 0.6) is 0 Å². The summed E-state index contributed by atoms with van der Waals surface area (Å²) in [7, 11) is 0. The van der Waals surface area contributed by atoms with E-state index in [0.29, 0.717) is 28.5 Å². The Hall–Kier alpha value is -4.51. The third kappa shape index (κ3) is 4.32.